The van der Waals surface area contributed by atoms with E-state index in [0.29, 0.717) is 6.42 Å². The van der Waals surface area contributed by atoms with Crippen molar-refractivity contribution in [2.24, 2.45) is 0 Å². The quantitative estimate of drug-likeness (QED) is 0.706. The molecule has 1 rings (SSSR count). The zero-order chi connectivity index (χ0) is 14.1. The Morgan fingerprint density at radius 3 is 2.53 bits per heavy atom. The van der Waals surface area contributed by atoms with Gasteiger partial charge in [0.05, 0.1) is 0 Å². The molecule has 0 fully saturated rings. The van der Waals surface area contributed by atoms with Crippen molar-refractivity contribution in [1.82, 2.24) is 10.6 Å². The third-order valence-electron chi connectivity index (χ3n) is 3.09. The molecule has 1 aromatic rings. The molecule has 106 valence electrons. The molecule has 4 heteroatoms. The van der Waals surface area contributed by atoms with Crippen molar-refractivity contribution in [2.45, 2.75) is 45.2 Å². The molecule has 4 nitrogen and oxygen atoms in total. The molecule has 0 saturated carbocycles. The van der Waals surface area contributed by atoms with Crippen LogP contribution in [0, 0.1) is 0 Å². The van der Waals surface area contributed by atoms with Gasteiger partial charge in [0.15, 0.2) is 0 Å². The van der Waals surface area contributed by atoms with Crippen LogP contribution in [0.25, 0.3) is 0 Å². The highest BCUT2D eigenvalue weighted by Crippen LogP contribution is 2.05. The van der Waals surface area contributed by atoms with E-state index >= 15 is 0 Å². The van der Waals surface area contributed by atoms with Crippen molar-refractivity contribution in [3.05, 3.63) is 35.9 Å². The van der Waals surface area contributed by atoms with Gasteiger partial charge in [0.25, 0.3) is 0 Å². The maximum Gasteiger partial charge on any atom is 0.315 e. The molecule has 1 aromatic carbocycles. The van der Waals surface area contributed by atoms with Crippen LogP contribution in [0.3, 0.4) is 0 Å². The van der Waals surface area contributed by atoms with E-state index in [4.69, 9.17) is 5.11 Å². The fourth-order valence-corrected chi connectivity index (χ4v) is 1.91. The molecule has 0 aliphatic carbocycles. The van der Waals surface area contributed by atoms with Crippen molar-refractivity contribution in [1.29, 1.82) is 0 Å². The van der Waals surface area contributed by atoms with Gasteiger partial charge in [0, 0.05) is 18.7 Å². The van der Waals surface area contributed by atoms with Gasteiger partial charge in [-0.2, -0.15) is 0 Å². The molecule has 2 amide bonds. The Balaban J connectivity index is 2.41. The van der Waals surface area contributed by atoms with E-state index in [2.05, 4.69) is 29.7 Å². The second-order valence-electron chi connectivity index (χ2n) is 4.83. The molecule has 0 bridgehead atoms. The van der Waals surface area contributed by atoms with Crippen LogP contribution in [0.15, 0.2) is 30.3 Å². The second-order valence-corrected chi connectivity index (χ2v) is 4.83. The third-order valence-corrected chi connectivity index (χ3v) is 3.09. The SMILES string of the molecule is CCC(Cc1ccccc1)NC(=O)N[C@H](C)CCO. The molecule has 19 heavy (non-hydrogen) atoms. The summed E-state index contributed by atoms with van der Waals surface area (Å²) in [5.74, 6) is 0. The fourth-order valence-electron chi connectivity index (χ4n) is 1.91. The van der Waals surface area contributed by atoms with Crippen molar-refractivity contribution in [3.63, 3.8) is 0 Å². The van der Waals surface area contributed by atoms with E-state index in [1.54, 1.807) is 0 Å². The lowest BCUT2D eigenvalue weighted by molar-refractivity contribution is 0.227. The molecule has 0 saturated heterocycles. The summed E-state index contributed by atoms with van der Waals surface area (Å²) in [7, 11) is 0. The summed E-state index contributed by atoms with van der Waals surface area (Å²) >= 11 is 0. The first-order valence-electron chi connectivity index (χ1n) is 6.87. The number of rotatable bonds is 7. The highest BCUT2D eigenvalue weighted by atomic mass is 16.3. The minimum Gasteiger partial charge on any atom is -0.396 e. The monoisotopic (exact) mass is 264 g/mol. The number of aliphatic hydroxyl groups is 1. The normalized spacial score (nSPS) is 13.6. The first kappa shape index (κ1) is 15.5. The summed E-state index contributed by atoms with van der Waals surface area (Å²) in [4.78, 5) is 11.8. The number of carbonyl (C=O) groups excluding carboxylic acids is 1. The molecule has 2 atom stereocenters. The Hall–Kier alpha value is -1.55. The van der Waals surface area contributed by atoms with Crippen LogP contribution in [0.4, 0.5) is 4.79 Å². The van der Waals surface area contributed by atoms with Gasteiger partial charge >= 0.3 is 6.03 Å². The van der Waals surface area contributed by atoms with Crippen molar-refractivity contribution < 1.29 is 9.90 Å². The van der Waals surface area contributed by atoms with Crippen LogP contribution in [0.1, 0.15) is 32.3 Å². The van der Waals surface area contributed by atoms with Crippen LogP contribution >= 0.6 is 0 Å². The van der Waals surface area contributed by atoms with E-state index in [1.165, 1.54) is 5.56 Å². The number of amides is 2. The lowest BCUT2D eigenvalue weighted by Crippen LogP contribution is -2.46. The van der Waals surface area contributed by atoms with E-state index in [-0.39, 0.29) is 24.7 Å². The highest BCUT2D eigenvalue weighted by molar-refractivity contribution is 5.74. The minimum atomic E-state index is -0.163. The van der Waals surface area contributed by atoms with E-state index < -0.39 is 0 Å². The van der Waals surface area contributed by atoms with Gasteiger partial charge in [-0.1, -0.05) is 37.3 Å². The Kier molecular flexibility index (Phi) is 6.97. The maximum atomic E-state index is 11.8. The average molecular weight is 264 g/mol. The molecule has 1 unspecified atom stereocenters. The predicted octanol–water partition coefficient (Wildman–Crippen LogP) is 2.08. The second kappa shape index (κ2) is 8.53. The van der Waals surface area contributed by atoms with Crippen molar-refractivity contribution in [3.8, 4) is 0 Å². The summed E-state index contributed by atoms with van der Waals surface area (Å²) < 4.78 is 0. The molecule has 0 spiro atoms. The van der Waals surface area contributed by atoms with Gasteiger partial charge in [-0.3, -0.25) is 0 Å². The lowest BCUT2D eigenvalue weighted by atomic mass is 10.0. The summed E-state index contributed by atoms with van der Waals surface area (Å²) in [6.45, 7) is 4.03. The first-order chi connectivity index (χ1) is 9.15. The maximum absolute atomic E-state index is 11.8. The summed E-state index contributed by atoms with van der Waals surface area (Å²) in [5, 5.41) is 14.6. The average Bonchev–Trinajstić information content (AvgIpc) is 2.39. The smallest absolute Gasteiger partial charge is 0.315 e. The van der Waals surface area contributed by atoms with Gasteiger partial charge < -0.3 is 15.7 Å². The van der Waals surface area contributed by atoms with Crippen LogP contribution in [-0.4, -0.2) is 29.8 Å². The van der Waals surface area contributed by atoms with Crippen LogP contribution in [0.5, 0.6) is 0 Å². The minimum absolute atomic E-state index is 0.0146. The predicted molar refractivity (Wildman–Crippen MR) is 77.1 cm³/mol. The third kappa shape index (κ3) is 6.25. The molecule has 0 aliphatic rings. The topological polar surface area (TPSA) is 61.4 Å². The molecule has 0 aliphatic heterocycles. The number of urea groups is 1. The number of benzene rings is 1. The molecular formula is C15H24N2O2. The van der Waals surface area contributed by atoms with E-state index in [9.17, 15) is 4.79 Å². The van der Waals surface area contributed by atoms with Crippen LogP contribution in [0.2, 0.25) is 0 Å². The van der Waals surface area contributed by atoms with E-state index in [0.717, 1.165) is 12.8 Å². The van der Waals surface area contributed by atoms with Crippen molar-refractivity contribution in [2.75, 3.05) is 6.61 Å². The van der Waals surface area contributed by atoms with Crippen molar-refractivity contribution >= 4 is 6.03 Å². The van der Waals surface area contributed by atoms with Gasteiger partial charge in [-0.25, -0.2) is 4.79 Å². The van der Waals surface area contributed by atoms with Crippen LogP contribution < -0.4 is 10.6 Å². The number of hydrogen-bond donors (Lipinski definition) is 3. The zero-order valence-electron chi connectivity index (χ0n) is 11.7. The summed E-state index contributed by atoms with van der Waals surface area (Å²) in [5.41, 5.74) is 1.22. The fraction of sp³-hybridized carbons (Fsp3) is 0.533. The van der Waals surface area contributed by atoms with E-state index in [1.807, 2.05) is 25.1 Å². The number of carbonyl (C=O) groups is 1. The number of nitrogens with one attached hydrogen (secondary N) is 2. The van der Waals surface area contributed by atoms with Gasteiger partial charge in [-0.05, 0) is 31.7 Å². The Morgan fingerprint density at radius 1 is 1.26 bits per heavy atom. The lowest BCUT2D eigenvalue weighted by Gasteiger charge is -2.19. The van der Waals surface area contributed by atoms with Gasteiger partial charge in [0.2, 0.25) is 0 Å². The van der Waals surface area contributed by atoms with Crippen LogP contribution in [-0.2, 0) is 6.42 Å². The van der Waals surface area contributed by atoms with Gasteiger partial charge in [-0.15, -0.1) is 0 Å². The van der Waals surface area contributed by atoms with Gasteiger partial charge in [0.1, 0.15) is 0 Å². The molecule has 0 aromatic heterocycles. The summed E-state index contributed by atoms with van der Waals surface area (Å²) in [6.07, 6.45) is 2.29. The first-order valence-corrected chi connectivity index (χ1v) is 6.87. The number of hydrogen-bond acceptors (Lipinski definition) is 2. The number of aliphatic hydroxyl groups excluding tert-OH is 1. The standard InChI is InChI=1S/C15H24N2O2/c1-3-14(11-13-7-5-4-6-8-13)17-15(19)16-12(2)9-10-18/h4-8,12,14,18H,3,9-11H2,1-2H3,(H2,16,17,19)/t12-,14?/m1/s1. The molecule has 3 N–H and O–H groups in total. The summed E-state index contributed by atoms with van der Waals surface area (Å²) in [6, 6.07) is 10.1. The molecule has 0 radical (unpaired) electrons. The molecular weight excluding hydrogens is 240 g/mol. The Bertz CT molecular complexity index is 368. The highest BCUT2D eigenvalue weighted by Gasteiger charge is 2.12. The Morgan fingerprint density at radius 2 is 1.95 bits per heavy atom. The molecule has 0 heterocycles. The zero-order valence-corrected chi connectivity index (χ0v) is 11.7. The Labute approximate surface area is 115 Å². The largest absolute Gasteiger partial charge is 0.396 e.